The van der Waals surface area contributed by atoms with Gasteiger partial charge in [0.2, 0.25) is 11.0 Å². The molecule has 0 bridgehead atoms. The number of carbonyl (C=O) groups is 2. The lowest BCUT2D eigenvalue weighted by molar-refractivity contribution is -0.116. The maximum absolute atomic E-state index is 12.2. The normalized spacial score (nSPS) is 10.4. The second-order valence-electron chi connectivity index (χ2n) is 5.75. The Morgan fingerprint density at radius 3 is 2.54 bits per heavy atom. The fourth-order valence-electron chi connectivity index (χ4n) is 2.32. The quantitative estimate of drug-likeness (QED) is 0.626. The van der Waals surface area contributed by atoms with E-state index in [1.54, 1.807) is 19.1 Å². The number of rotatable bonds is 10. The van der Waals surface area contributed by atoms with Crippen molar-refractivity contribution in [3.63, 3.8) is 0 Å². The molecule has 0 atom stereocenters. The van der Waals surface area contributed by atoms with Crippen molar-refractivity contribution in [3.05, 3.63) is 24.3 Å². The number of hydrogen-bond acceptors (Lipinski definition) is 7. The standard InChI is InChI=1S/C18H25N5O4S/c1-4-19-18(25)23(11-12-26-2)10-9-15(24)20-17-22-21-16(28-17)13-5-7-14(27-3)8-6-13/h5-8H,4,9-12H2,1-3H3,(H,19,25)(H,20,22,24). The molecule has 152 valence electrons. The minimum absolute atomic E-state index is 0.151. The number of urea groups is 1. The molecule has 0 aliphatic rings. The van der Waals surface area contributed by atoms with Crippen LogP contribution in [0.3, 0.4) is 0 Å². The van der Waals surface area contributed by atoms with E-state index in [0.29, 0.717) is 29.8 Å². The van der Waals surface area contributed by atoms with Gasteiger partial charge < -0.3 is 25.0 Å². The van der Waals surface area contributed by atoms with Crippen LogP contribution in [-0.2, 0) is 9.53 Å². The monoisotopic (exact) mass is 407 g/mol. The molecule has 0 fully saturated rings. The van der Waals surface area contributed by atoms with E-state index >= 15 is 0 Å². The highest BCUT2D eigenvalue weighted by Gasteiger charge is 2.15. The number of amides is 3. The van der Waals surface area contributed by atoms with Crippen LogP contribution in [0.2, 0.25) is 0 Å². The number of hydrogen-bond donors (Lipinski definition) is 2. The second-order valence-corrected chi connectivity index (χ2v) is 6.73. The highest BCUT2D eigenvalue weighted by Crippen LogP contribution is 2.27. The van der Waals surface area contributed by atoms with Gasteiger partial charge in [0.05, 0.1) is 13.7 Å². The summed E-state index contributed by atoms with van der Waals surface area (Å²) >= 11 is 1.28. The van der Waals surface area contributed by atoms with Crippen LogP contribution in [0.1, 0.15) is 13.3 Å². The third-order valence-electron chi connectivity index (χ3n) is 3.80. The predicted molar refractivity (Wildman–Crippen MR) is 108 cm³/mol. The Labute approximate surface area is 168 Å². The number of nitrogens with one attached hydrogen (secondary N) is 2. The average molecular weight is 407 g/mol. The molecule has 0 saturated heterocycles. The SMILES string of the molecule is CCNC(=O)N(CCOC)CCC(=O)Nc1nnc(-c2ccc(OC)cc2)s1. The molecule has 0 unspecified atom stereocenters. The van der Waals surface area contributed by atoms with Crippen molar-refractivity contribution < 1.29 is 19.1 Å². The number of ether oxygens (including phenoxy) is 2. The molecule has 2 N–H and O–H groups in total. The van der Waals surface area contributed by atoms with Crippen molar-refractivity contribution in [2.75, 3.05) is 45.8 Å². The number of nitrogens with zero attached hydrogens (tertiary/aromatic N) is 3. The molecule has 0 saturated carbocycles. The van der Waals surface area contributed by atoms with E-state index in [9.17, 15) is 9.59 Å². The summed E-state index contributed by atoms with van der Waals surface area (Å²) in [6.45, 7) is 3.46. The molecule has 9 nitrogen and oxygen atoms in total. The molecular formula is C18H25N5O4S. The molecular weight excluding hydrogens is 382 g/mol. The Balaban J connectivity index is 1.89. The zero-order valence-corrected chi connectivity index (χ0v) is 17.0. The molecule has 0 aliphatic carbocycles. The maximum Gasteiger partial charge on any atom is 0.317 e. The molecule has 1 aromatic heterocycles. The molecule has 0 aliphatic heterocycles. The summed E-state index contributed by atoms with van der Waals surface area (Å²) in [6.07, 6.45) is 0.151. The minimum atomic E-state index is -0.232. The zero-order chi connectivity index (χ0) is 20.4. The number of anilines is 1. The fraction of sp³-hybridized carbons (Fsp3) is 0.444. The zero-order valence-electron chi connectivity index (χ0n) is 16.2. The first-order chi connectivity index (χ1) is 13.6. The largest absolute Gasteiger partial charge is 0.497 e. The Morgan fingerprint density at radius 2 is 1.89 bits per heavy atom. The summed E-state index contributed by atoms with van der Waals surface area (Å²) in [7, 11) is 3.17. The third-order valence-corrected chi connectivity index (χ3v) is 4.69. The van der Waals surface area contributed by atoms with Gasteiger partial charge in [0, 0.05) is 38.7 Å². The van der Waals surface area contributed by atoms with Crippen LogP contribution in [0.25, 0.3) is 10.6 Å². The van der Waals surface area contributed by atoms with Crippen LogP contribution in [0.5, 0.6) is 5.75 Å². The summed E-state index contributed by atoms with van der Waals surface area (Å²) in [4.78, 5) is 25.8. The van der Waals surface area contributed by atoms with Gasteiger partial charge in [-0.25, -0.2) is 4.79 Å². The summed E-state index contributed by atoms with van der Waals surface area (Å²) < 4.78 is 10.2. The average Bonchev–Trinajstić information content (AvgIpc) is 3.16. The smallest absolute Gasteiger partial charge is 0.317 e. The lowest BCUT2D eigenvalue weighted by Gasteiger charge is -2.22. The maximum atomic E-state index is 12.2. The molecule has 1 heterocycles. The lowest BCUT2D eigenvalue weighted by atomic mass is 10.2. The van der Waals surface area contributed by atoms with E-state index in [4.69, 9.17) is 9.47 Å². The van der Waals surface area contributed by atoms with Crippen LogP contribution in [-0.4, -0.2) is 67.5 Å². The summed E-state index contributed by atoms with van der Waals surface area (Å²) in [6, 6.07) is 7.22. The molecule has 0 radical (unpaired) electrons. The summed E-state index contributed by atoms with van der Waals surface area (Å²) in [5.74, 6) is 0.524. The third kappa shape index (κ3) is 6.46. The van der Waals surface area contributed by atoms with Crippen molar-refractivity contribution in [2.24, 2.45) is 0 Å². The van der Waals surface area contributed by atoms with Gasteiger partial charge in [-0.15, -0.1) is 10.2 Å². The summed E-state index contributed by atoms with van der Waals surface area (Å²) in [5.41, 5.74) is 0.890. The lowest BCUT2D eigenvalue weighted by Crippen LogP contribution is -2.42. The first-order valence-electron chi connectivity index (χ1n) is 8.86. The molecule has 1 aromatic carbocycles. The van der Waals surface area contributed by atoms with Gasteiger partial charge in [0.15, 0.2) is 0 Å². The van der Waals surface area contributed by atoms with E-state index in [1.165, 1.54) is 11.3 Å². The van der Waals surface area contributed by atoms with Gasteiger partial charge in [-0.05, 0) is 31.2 Å². The number of methoxy groups -OCH3 is 2. The number of benzene rings is 1. The highest BCUT2D eigenvalue weighted by atomic mass is 32.1. The molecule has 28 heavy (non-hydrogen) atoms. The van der Waals surface area contributed by atoms with Crippen molar-refractivity contribution in [2.45, 2.75) is 13.3 Å². The van der Waals surface area contributed by atoms with Gasteiger partial charge >= 0.3 is 6.03 Å². The molecule has 10 heteroatoms. The second kappa shape index (κ2) is 11.2. The first-order valence-corrected chi connectivity index (χ1v) is 9.68. The molecule has 2 rings (SSSR count). The van der Waals surface area contributed by atoms with Crippen molar-refractivity contribution in [3.8, 4) is 16.3 Å². The van der Waals surface area contributed by atoms with Gasteiger partial charge in [-0.3, -0.25) is 4.79 Å². The van der Waals surface area contributed by atoms with Crippen molar-refractivity contribution in [1.29, 1.82) is 0 Å². The topological polar surface area (TPSA) is 106 Å². The van der Waals surface area contributed by atoms with E-state index in [0.717, 1.165) is 11.3 Å². The Bertz CT molecular complexity index is 766. The van der Waals surface area contributed by atoms with E-state index in [-0.39, 0.29) is 24.9 Å². The summed E-state index contributed by atoms with van der Waals surface area (Å²) in [5, 5.41) is 14.7. The van der Waals surface area contributed by atoms with Crippen LogP contribution < -0.4 is 15.4 Å². The van der Waals surface area contributed by atoms with Crippen molar-refractivity contribution in [1.82, 2.24) is 20.4 Å². The van der Waals surface area contributed by atoms with E-state index in [1.807, 2.05) is 31.2 Å². The van der Waals surface area contributed by atoms with Gasteiger partial charge in [-0.2, -0.15) is 0 Å². The van der Waals surface area contributed by atoms with Crippen LogP contribution in [0.15, 0.2) is 24.3 Å². The van der Waals surface area contributed by atoms with Gasteiger partial charge in [0.25, 0.3) is 0 Å². The highest BCUT2D eigenvalue weighted by molar-refractivity contribution is 7.18. The molecule has 0 spiro atoms. The predicted octanol–water partition coefficient (Wildman–Crippen LogP) is 2.22. The van der Waals surface area contributed by atoms with Crippen LogP contribution >= 0.6 is 11.3 Å². The minimum Gasteiger partial charge on any atom is -0.497 e. The first kappa shape index (κ1) is 21.6. The van der Waals surface area contributed by atoms with Gasteiger partial charge in [-0.1, -0.05) is 11.3 Å². The Morgan fingerprint density at radius 1 is 1.14 bits per heavy atom. The Hall–Kier alpha value is -2.72. The number of carbonyl (C=O) groups excluding carboxylic acids is 2. The fourth-order valence-corrected chi connectivity index (χ4v) is 3.09. The molecule has 2 aromatic rings. The number of aromatic nitrogens is 2. The molecule has 3 amide bonds. The van der Waals surface area contributed by atoms with Gasteiger partial charge in [0.1, 0.15) is 10.8 Å². The van der Waals surface area contributed by atoms with Crippen LogP contribution in [0.4, 0.5) is 9.93 Å². The van der Waals surface area contributed by atoms with E-state index in [2.05, 4.69) is 20.8 Å². The van der Waals surface area contributed by atoms with Crippen molar-refractivity contribution >= 4 is 28.4 Å². The van der Waals surface area contributed by atoms with E-state index < -0.39 is 0 Å². The van der Waals surface area contributed by atoms with Crippen LogP contribution in [0, 0.1) is 0 Å². The Kier molecular flexibility index (Phi) is 8.63.